The number of carbonyl (C=O) groups excluding carboxylic acids is 1. The van der Waals surface area contributed by atoms with Crippen LogP contribution in [0.15, 0.2) is 24.3 Å². The van der Waals surface area contributed by atoms with Gasteiger partial charge in [-0.1, -0.05) is 11.6 Å². The summed E-state index contributed by atoms with van der Waals surface area (Å²) in [7, 11) is 1.27. The van der Waals surface area contributed by atoms with Crippen LogP contribution in [0, 0.1) is 0 Å². The number of rotatable bonds is 6. The Hall–Kier alpha value is -1.46. The third kappa shape index (κ3) is 4.29. The van der Waals surface area contributed by atoms with Crippen LogP contribution in [0.1, 0.15) is 12.8 Å². The van der Waals surface area contributed by atoms with E-state index in [1.807, 2.05) is 0 Å². The van der Waals surface area contributed by atoms with Crippen LogP contribution >= 0.6 is 11.6 Å². The Morgan fingerprint density at radius 2 is 2.11 bits per heavy atom. The van der Waals surface area contributed by atoms with Crippen molar-refractivity contribution in [1.82, 2.24) is 0 Å². The molecular weight excluding hydrogens is 272 g/mol. The number of hydrogen-bond acceptors (Lipinski definition) is 5. The number of ether oxygens (including phenoxy) is 4. The van der Waals surface area contributed by atoms with E-state index < -0.39 is 11.9 Å². The minimum atomic E-state index is -0.809. The van der Waals surface area contributed by atoms with Crippen LogP contribution < -0.4 is 4.74 Å². The van der Waals surface area contributed by atoms with Crippen LogP contribution in [0.3, 0.4) is 0 Å². The number of methoxy groups -OCH3 is 1. The molecule has 6 heteroatoms. The Labute approximate surface area is 116 Å². The minimum Gasteiger partial charge on any atom is -0.494 e. The third-order valence-electron chi connectivity index (χ3n) is 2.69. The van der Waals surface area contributed by atoms with Gasteiger partial charge in [0.15, 0.2) is 0 Å². The Bertz CT molecular complexity index is 427. The Morgan fingerprint density at radius 3 is 2.68 bits per heavy atom. The summed E-state index contributed by atoms with van der Waals surface area (Å²) in [5.41, 5.74) is 0. The molecule has 1 saturated heterocycles. The van der Waals surface area contributed by atoms with Crippen LogP contribution in [0.5, 0.6) is 5.75 Å². The zero-order valence-electron chi connectivity index (χ0n) is 10.6. The second kappa shape index (κ2) is 6.12. The molecule has 0 radical (unpaired) electrons. The topological polar surface area (TPSA) is 57.3 Å². The molecule has 1 unspecified atom stereocenters. The van der Waals surface area contributed by atoms with Crippen molar-refractivity contribution >= 4 is 17.8 Å². The summed E-state index contributed by atoms with van der Waals surface area (Å²) in [6, 6.07) is 7.14. The normalized spacial score (nSPS) is 20.7. The molecule has 1 fully saturated rings. The van der Waals surface area contributed by atoms with Gasteiger partial charge in [0.25, 0.3) is 0 Å². The molecule has 0 saturated carbocycles. The molecule has 0 bridgehead atoms. The molecule has 0 aromatic heterocycles. The zero-order valence-corrected chi connectivity index (χ0v) is 11.3. The first-order valence-corrected chi connectivity index (χ1v) is 6.31. The maximum atomic E-state index is 11.0. The molecule has 5 nitrogen and oxygen atoms in total. The SMILES string of the molecule is COC(=O)OC1(CCCOc2ccc(Cl)cc2)CO1. The Kier molecular flexibility index (Phi) is 4.50. The van der Waals surface area contributed by atoms with E-state index in [4.69, 9.17) is 25.8 Å². The lowest BCUT2D eigenvalue weighted by molar-refractivity contribution is -0.0335. The lowest BCUT2D eigenvalue weighted by Crippen LogP contribution is -2.22. The fourth-order valence-electron chi connectivity index (χ4n) is 1.59. The first kappa shape index (κ1) is 14.0. The zero-order chi connectivity index (χ0) is 13.7. The first-order chi connectivity index (χ1) is 9.13. The van der Waals surface area contributed by atoms with Gasteiger partial charge in [-0.25, -0.2) is 4.79 Å². The molecule has 0 amide bonds. The number of halogens is 1. The minimum absolute atomic E-state index is 0.406. The lowest BCUT2D eigenvalue weighted by atomic mass is 10.2. The largest absolute Gasteiger partial charge is 0.510 e. The molecule has 0 aliphatic carbocycles. The van der Waals surface area contributed by atoms with E-state index in [2.05, 4.69) is 4.74 Å². The maximum absolute atomic E-state index is 11.0. The van der Waals surface area contributed by atoms with E-state index in [0.29, 0.717) is 31.1 Å². The maximum Gasteiger partial charge on any atom is 0.510 e. The van der Waals surface area contributed by atoms with Crippen molar-refractivity contribution in [3.63, 3.8) is 0 Å². The highest BCUT2D eigenvalue weighted by Crippen LogP contribution is 2.34. The fraction of sp³-hybridized carbons (Fsp3) is 0.462. The monoisotopic (exact) mass is 286 g/mol. The van der Waals surface area contributed by atoms with Crippen LogP contribution in [-0.4, -0.2) is 32.3 Å². The molecule has 1 aliphatic rings. The summed E-state index contributed by atoms with van der Waals surface area (Å²) >= 11 is 5.77. The molecule has 2 rings (SSSR count). The van der Waals surface area contributed by atoms with E-state index in [-0.39, 0.29) is 0 Å². The van der Waals surface area contributed by atoms with Crippen LogP contribution in [0.2, 0.25) is 5.02 Å². The molecule has 104 valence electrons. The molecule has 1 aliphatic heterocycles. The smallest absolute Gasteiger partial charge is 0.494 e. The fourth-order valence-corrected chi connectivity index (χ4v) is 1.72. The van der Waals surface area contributed by atoms with Crippen molar-refractivity contribution in [1.29, 1.82) is 0 Å². The van der Waals surface area contributed by atoms with Crippen LogP contribution in [-0.2, 0) is 14.2 Å². The predicted molar refractivity (Wildman–Crippen MR) is 68.4 cm³/mol. The summed E-state index contributed by atoms with van der Waals surface area (Å²) in [6.07, 6.45) is 0.561. The van der Waals surface area contributed by atoms with E-state index in [1.54, 1.807) is 24.3 Å². The van der Waals surface area contributed by atoms with Gasteiger partial charge in [-0.3, -0.25) is 0 Å². The second-order valence-electron chi connectivity index (χ2n) is 4.16. The third-order valence-corrected chi connectivity index (χ3v) is 2.94. The van der Waals surface area contributed by atoms with Crippen molar-refractivity contribution in [3.05, 3.63) is 29.3 Å². The van der Waals surface area contributed by atoms with E-state index >= 15 is 0 Å². The van der Waals surface area contributed by atoms with Gasteiger partial charge in [-0.05, 0) is 30.7 Å². The average molecular weight is 287 g/mol. The molecule has 0 spiro atoms. The van der Waals surface area contributed by atoms with Crippen molar-refractivity contribution < 1.29 is 23.7 Å². The highest BCUT2D eigenvalue weighted by Gasteiger charge is 2.49. The molecule has 0 N–H and O–H groups in total. The summed E-state index contributed by atoms with van der Waals surface area (Å²) in [5.74, 6) is -0.0553. The number of benzene rings is 1. The van der Waals surface area contributed by atoms with Crippen molar-refractivity contribution in [2.75, 3.05) is 20.3 Å². The standard InChI is InChI=1S/C13H15ClO5/c1-16-12(15)19-13(9-18-13)7-2-8-17-11-5-3-10(14)4-6-11/h3-6H,2,7-9H2,1H3. The Morgan fingerprint density at radius 1 is 1.42 bits per heavy atom. The predicted octanol–water partition coefficient (Wildman–Crippen LogP) is 3.01. The van der Waals surface area contributed by atoms with Crippen molar-refractivity contribution in [2.24, 2.45) is 0 Å². The van der Waals surface area contributed by atoms with Gasteiger partial charge in [0.05, 0.1) is 13.7 Å². The van der Waals surface area contributed by atoms with Gasteiger partial charge in [0.2, 0.25) is 5.79 Å². The van der Waals surface area contributed by atoms with Gasteiger partial charge in [0, 0.05) is 11.4 Å². The average Bonchev–Trinajstić information content (AvgIpc) is 3.17. The van der Waals surface area contributed by atoms with Crippen LogP contribution in [0.4, 0.5) is 4.79 Å². The van der Waals surface area contributed by atoms with E-state index in [1.165, 1.54) is 7.11 Å². The molecule has 1 aromatic carbocycles. The summed E-state index contributed by atoms with van der Waals surface area (Å²) in [5, 5.41) is 0.671. The summed E-state index contributed by atoms with van der Waals surface area (Å²) in [4.78, 5) is 11.0. The van der Waals surface area contributed by atoms with Gasteiger partial charge >= 0.3 is 6.16 Å². The number of hydrogen-bond donors (Lipinski definition) is 0. The van der Waals surface area contributed by atoms with Gasteiger partial charge in [-0.2, -0.15) is 0 Å². The van der Waals surface area contributed by atoms with Gasteiger partial charge in [0.1, 0.15) is 12.4 Å². The van der Waals surface area contributed by atoms with Crippen molar-refractivity contribution in [2.45, 2.75) is 18.6 Å². The van der Waals surface area contributed by atoms with Crippen molar-refractivity contribution in [3.8, 4) is 5.75 Å². The lowest BCUT2D eigenvalue weighted by Gasteiger charge is -2.12. The van der Waals surface area contributed by atoms with Gasteiger partial charge < -0.3 is 18.9 Å². The molecule has 1 aromatic rings. The highest BCUT2D eigenvalue weighted by molar-refractivity contribution is 6.30. The number of epoxide rings is 1. The quantitative estimate of drug-likeness (QED) is 0.457. The molecular formula is C13H15ClO5. The van der Waals surface area contributed by atoms with Crippen LogP contribution in [0.25, 0.3) is 0 Å². The first-order valence-electron chi connectivity index (χ1n) is 5.93. The molecule has 1 heterocycles. The summed E-state index contributed by atoms with van der Waals surface area (Å²) < 4.78 is 20.1. The molecule has 19 heavy (non-hydrogen) atoms. The van der Waals surface area contributed by atoms with E-state index in [0.717, 1.165) is 5.75 Å². The second-order valence-corrected chi connectivity index (χ2v) is 4.60. The highest BCUT2D eigenvalue weighted by atomic mass is 35.5. The van der Waals surface area contributed by atoms with Gasteiger partial charge in [-0.15, -0.1) is 0 Å². The summed E-state index contributed by atoms with van der Waals surface area (Å²) in [6.45, 7) is 0.917. The molecule has 1 atom stereocenters. The Balaban J connectivity index is 1.67. The number of carbonyl (C=O) groups is 1. The van der Waals surface area contributed by atoms with E-state index in [9.17, 15) is 4.79 Å².